The predicted molar refractivity (Wildman–Crippen MR) is 259 cm³/mol. The van der Waals surface area contributed by atoms with Crippen LogP contribution in [0.1, 0.15) is 210 Å². The Labute approximate surface area is 380 Å². The fourth-order valence-electron chi connectivity index (χ4n) is 17.3. The van der Waals surface area contributed by atoms with Crippen LogP contribution in [0, 0.1) is 92.7 Å². The third kappa shape index (κ3) is 9.29. The van der Waals surface area contributed by atoms with Crippen molar-refractivity contribution in [3.63, 3.8) is 0 Å². The molecule has 336 valence electrons. The van der Waals surface area contributed by atoms with Crippen LogP contribution < -0.4 is 0 Å². The van der Waals surface area contributed by atoms with E-state index in [0.29, 0.717) is 21.7 Å². The van der Waals surface area contributed by atoms with Gasteiger partial charge in [0.2, 0.25) is 0 Å². The van der Waals surface area contributed by atoms with E-state index >= 15 is 0 Å². The van der Waals surface area contributed by atoms with Gasteiger partial charge in [-0.1, -0.05) is 131 Å². The molecule has 8 aliphatic carbocycles. The normalized spacial score (nSPS) is 44.9. The average Bonchev–Trinajstić information content (AvgIpc) is 3.69. The van der Waals surface area contributed by atoms with E-state index in [0.717, 1.165) is 96.7 Å². The van der Waals surface area contributed by atoms with Gasteiger partial charge in [-0.05, 0) is 195 Å². The molecule has 0 aromatic carbocycles. The first kappa shape index (κ1) is 49.4. The highest BCUT2D eigenvalue weighted by atomic mass is 79.9. The van der Waals surface area contributed by atoms with Crippen LogP contribution in [0.5, 0.6) is 0 Å². The minimum atomic E-state index is -0.0766. The molecule has 0 bridgehead atoms. The molecule has 0 aromatic rings. The number of allylic oxidation sites excluding steroid dienone is 2. The summed E-state index contributed by atoms with van der Waals surface area (Å²) in [5.74, 6) is 10.9. The first-order chi connectivity index (χ1) is 26.5. The molecule has 2 nitrogen and oxygen atoms in total. The summed E-state index contributed by atoms with van der Waals surface area (Å²) in [7, 11) is 0. The number of rotatable bonds is 10. The third-order valence-corrected chi connectivity index (χ3v) is 20.6. The maximum Gasteiger partial charge on any atom is 0.0577 e. The van der Waals surface area contributed by atoms with Crippen molar-refractivity contribution in [1.82, 2.24) is 0 Å². The van der Waals surface area contributed by atoms with Crippen LogP contribution in [-0.4, -0.2) is 22.4 Å². The Bertz CT molecular complexity index is 1300. The third-order valence-electron chi connectivity index (χ3n) is 20.6. The first-order valence-corrected chi connectivity index (χ1v) is 25.3. The van der Waals surface area contributed by atoms with Crippen LogP contribution in [0.2, 0.25) is 0 Å². The summed E-state index contributed by atoms with van der Waals surface area (Å²) in [6.07, 6.45) is 34.3. The van der Waals surface area contributed by atoms with Crippen molar-refractivity contribution >= 4 is 34.0 Å². The van der Waals surface area contributed by atoms with Crippen LogP contribution in [0.4, 0.5) is 0 Å². The van der Waals surface area contributed by atoms with Gasteiger partial charge in [0, 0.05) is 0 Å². The van der Waals surface area contributed by atoms with Crippen LogP contribution >= 0.6 is 34.0 Å². The molecule has 0 spiro atoms. The van der Waals surface area contributed by atoms with Gasteiger partial charge in [-0.15, -0.1) is 34.0 Å². The summed E-state index contributed by atoms with van der Waals surface area (Å²) in [5.41, 5.74) is 5.21. The number of fused-ring (bicyclic) bond motifs is 10. The van der Waals surface area contributed by atoms with Gasteiger partial charge in [-0.2, -0.15) is 0 Å². The van der Waals surface area contributed by atoms with E-state index in [4.69, 9.17) is 0 Å². The molecule has 0 unspecified atom stereocenters. The molecule has 0 amide bonds. The zero-order valence-electron chi connectivity index (χ0n) is 39.5. The van der Waals surface area contributed by atoms with E-state index in [2.05, 4.69) is 81.4 Å². The molecule has 8 aliphatic rings. The highest BCUT2D eigenvalue weighted by Crippen LogP contribution is 2.69. The molecule has 0 saturated heterocycles. The second kappa shape index (κ2) is 19.6. The Kier molecular flexibility index (Phi) is 16.7. The minimum absolute atomic E-state index is 0. The number of halogens is 2. The van der Waals surface area contributed by atoms with Gasteiger partial charge < -0.3 is 10.2 Å². The summed E-state index contributed by atoms with van der Waals surface area (Å²) in [6.45, 7) is 25.1. The fraction of sp³-hybridized carbons (Fsp3) is 0.926. The van der Waals surface area contributed by atoms with Crippen molar-refractivity contribution in [3.8, 4) is 0 Å². The molecule has 0 aliphatic heterocycles. The Morgan fingerprint density at radius 2 is 0.879 bits per heavy atom. The van der Waals surface area contributed by atoms with E-state index in [1.807, 2.05) is 0 Å². The smallest absolute Gasteiger partial charge is 0.0577 e. The summed E-state index contributed by atoms with van der Waals surface area (Å²) in [5, 5.41) is 20.4. The van der Waals surface area contributed by atoms with Gasteiger partial charge >= 0.3 is 0 Å². The molecule has 8 rings (SSSR count). The van der Waals surface area contributed by atoms with Crippen LogP contribution in [0.25, 0.3) is 0 Å². The molecular weight excluding hydrogens is 840 g/mol. The lowest BCUT2D eigenvalue weighted by Crippen LogP contribution is -2.50. The molecule has 6 fully saturated rings. The molecule has 4 heteroatoms. The van der Waals surface area contributed by atoms with Crippen molar-refractivity contribution in [2.45, 2.75) is 223 Å². The Morgan fingerprint density at radius 3 is 1.24 bits per heavy atom. The monoisotopic (exact) mass is 933 g/mol. The number of aliphatic hydroxyl groups is 2. The summed E-state index contributed by atoms with van der Waals surface area (Å²) in [6, 6.07) is 0. The van der Waals surface area contributed by atoms with Crippen molar-refractivity contribution in [2.75, 3.05) is 0 Å². The minimum Gasteiger partial charge on any atom is -0.393 e. The Balaban J connectivity index is 0.000000214. The molecule has 58 heavy (non-hydrogen) atoms. The quantitative estimate of drug-likeness (QED) is 0.214. The van der Waals surface area contributed by atoms with Crippen LogP contribution in [0.15, 0.2) is 23.3 Å². The topological polar surface area (TPSA) is 40.5 Å². The lowest BCUT2D eigenvalue weighted by atomic mass is 9.47. The van der Waals surface area contributed by atoms with E-state index in [1.165, 1.54) is 116 Å². The number of hydrogen-bond acceptors (Lipinski definition) is 2. The zero-order chi connectivity index (χ0) is 40.2. The Morgan fingerprint density at radius 1 is 0.500 bits per heavy atom. The largest absolute Gasteiger partial charge is 0.393 e. The number of aliphatic hydroxyl groups excluding tert-OH is 2. The SMILES string of the molecule is Br.Br.CC(C)CCC[C@@H](C)[C@H]1CC[C@H]2[C@@H]3CC=C4C[C@@H](O)CC[C@]4(C)[C@H]3CC[C@]12C.CC(C)CCC[C@@H](C)[C@H]1CC[C@H]2[C@@H]3CC=C4C[C@@H](O)CC[C@]4(C)[C@H]3CC[C@]12C. The molecule has 0 aromatic heterocycles. The second-order valence-electron chi connectivity index (χ2n) is 24.4. The lowest BCUT2D eigenvalue weighted by molar-refractivity contribution is -0.0573. The van der Waals surface area contributed by atoms with E-state index in [9.17, 15) is 10.2 Å². The Hall–Kier alpha value is 0.360. The van der Waals surface area contributed by atoms with Crippen molar-refractivity contribution in [1.29, 1.82) is 0 Å². The van der Waals surface area contributed by atoms with E-state index < -0.39 is 0 Å². The van der Waals surface area contributed by atoms with E-state index in [-0.39, 0.29) is 46.2 Å². The van der Waals surface area contributed by atoms with Gasteiger partial charge in [-0.25, -0.2) is 0 Å². The van der Waals surface area contributed by atoms with Gasteiger partial charge in [-0.3, -0.25) is 0 Å². The van der Waals surface area contributed by atoms with Gasteiger partial charge in [0.25, 0.3) is 0 Å². The highest BCUT2D eigenvalue weighted by molar-refractivity contribution is 8.93. The van der Waals surface area contributed by atoms with Gasteiger partial charge in [0.05, 0.1) is 12.2 Å². The number of hydrogen-bond donors (Lipinski definition) is 2. The predicted octanol–water partition coefficient (Wildman–Crippen LogP) is 15.9. The summed E-state index contributed by atoms with van der Waals surface area (Å²) < 4.78 is 0. The van der Waals surface area contributed by atoms with Gasteiger partial charge in [0.15, 0.2) is 0 Å². The van der Waals surface area contributed by atoms with Crippen molar-refractivity contribution in [3.05, 3.63) is 23.3 Å². The molecular formula is C54H94Br2O2. The maximum atomic E-state index is 10.2. The first-order valence-electron chi connectivity index (χ1n) is 25.3. The summed E-state index contributed by atoms with van der Waals surface area (Å²) >= 11 is 0. The van der Waals surface area contributed by atoms with Crippen LogP contribution in [-0.2, 0) is 0 Å². The van der Waals surface area contributed by atoms with Crippen molar-refractivity contribution in [2.24, 2.45) is 92.7 Å². The fourth-order valence-corrected chi connectivity index (χ4v) is 17.3. The molecule has 6 saturated carbocycles. The van der Waals surface area contributed by atoms with E-state index in [1.54, 1.807) is 11.1 Å². The molecule has 2 N–H and O–H groups in total. The molecule has 16 atom stereocenters. The maximum absolute atomic E-state index is 10.2. The van der Waals surface area contributed by atoms with Gasteiger partial charge in [0.1, 0.15) is 0 Å². The standard InChI is InChI=1S/2C27H46O.2BrH/c2*1-18(2)7-6-8-19(3)23-11-12-24-22-10-9-20-17-21(28)13-15-26(20,4)25(22)14-16-27(23,24)5;;/h2*9,18-19,21-25,28H,6-8,10-17H2,1-5H3;2*1H/t2*19-,21+,22+,23-,24+,25+,26+,27-;;/m11../s1. The zero-order valence-corrected chi connectivity index (χ0v) is 42.9. The lowest BCUT2D eigenvalue weighted by Gasteiger charge is -2.58. The van der Waals surface area contributed by atoms with Crippen LogP contribution in [0.3, 0.4) is 0 Å². The second-order valence-corrected chi connectivity index (χ2v) is 24.4. The molecule has 0 heterocycles. The highest BCUT2D eigenvalue weighted by Gasteiger charge is 2.60. The average molecular weight is 935 g/mol. The molecule has 0 radical (unpaired) electrons. The summed E-state index contributed by atoms with van der Waals surface area (Å²) in [4.78, 5) is 0. The van der Waals surface area contributed by atoms with Crippen molar-refractivity contribution < 1.29 is 10.2 Å².